The SMILES string of the molecule is NC(=O)Nc1cc(C(F)(F)F)ccc1-n1ccc(C(F)F)n1. The fraction of sp³-hybridized carbons (Fsp3) is 0.167. The molecular formula is C12H9F5N4O. The van der Waals surface area contributed by atoms with Crippen LogP contribution in [0, 0.1) is 0 Å². The van der Waals surface area contributed by atoms with Gasteiger partial charge in [0, 0.05) is 6.20 Å². The highest BCUT2D eigenvalue weighted by Gasteiger charge is 2.31. The van der Waals surface area contributed by atoms with Gasteiger partial charge in [0.2, 0.25) is 0 Å². The van der Waals surface area contributed by atoms with Crippen LogP contribution in [0.4, 0.5) is 32.4 Å². The number of aromatic nitrogens is 2. The van der Waals surface area contributed by atoms with Crippen LogP contribution >= 0.6 is 0 Å². The Morgan fingerprint density at radius 3 is 2.45 bits per heavy atom. The summed E-state index contributed by atoms with van der Waals surface area (Å²) in [7, 11) is 0. The lowest BCUT2D eigenvalue weighted by Crippen LogP contribution is -2.21. The third-order valence-electron chi connectivity index (χ3n) is 2.66. The van der Waals surface area contributed by atoms with Gasteiger partial charge in [-0.1, -0.05) is 0 Å². The molecule has 118 valence electrons. The quantitative estimate of drug-likeness (QED) is 0.852. The van der Waals surface area contributed by atoms with Gasteiger partial charge < -0.3 is 11.1 Å². The number of nitrogens with two attached hydrogens (primary N) is 1. The number of rotatable bonds is 3. The van der Waals surface area contributed by atoms with Crippen LogP contribution in [-0.4, -0.2) is 15.8 Å². The van der Waals surface area contributed by atoms with E-state index in [1.165, 1.54) is 0 Å². The summed E-state index contributed by atoms with van der Waals surface area (Å²) in [6.45, 7) is 0. The maximum Gasteiger partial charge on any atom is 0.416 e. The molecule has 22 heavy (non-hydrogen) atoms. The lowest BCUT2D eigenvalue weighted by Gasteiger charge is -2.13. The lowest BCUT2D eigenvalue weighted by molar-refractivity contribution is -0.137. The molecular weight excluding hydrogens is 311 g/mol. The number of alkyl halides is 5. The zero-order valence-electron chi connectivity index (χ0n) is 10.7. The van der Waals surface area contributed by atoms with E-state index in [4.69, 9.17) is 5.73 Å². The maximum atomic E-state index is 12.7. The number of anilines is 1. The molecule has 3 N–H and O–H groups in total. The summed E-state index contributed by atoms with van der Waals surface area (Å²) in [5.41, 5.74) is 3.00. The number of nitrogens with one attached hydrogen (secondary N) is 1. The number of nitrogens with zero attached hydrogens (tertiary/aromatic N) is 2. The van der Waals surface area contributed by atoms with Gasteiger partial charge in [0.1, 0.15) is 5.69 Å². The summed E-state index contributed by atoms with van der Waals surface area (Å²) in [5.74, 6) is 0. The number of hydrogen-bond acceptors (Lipinski definition) is 2. The lowest BCUT2D eigenvalue weighted by atomic mass is 10.1. The second-order valence-electron chi connectivity index (χ2n) is 4.20. The molecule has 2 rings (SSSR count). The normalized spacial score (nSPS) is 11.7. The van der Waals surface area contributed by atoms with E-state index in [0.29, 0.717) is 6.07 Å². The highest BCUT2D eigenvalue weighted by molar-refractivity contribution is 5.90. The molecule has 1 aromatic heterocycles. The Bertz CT molecular complexity index is 695. The molecule has 5 nitrogen and oxygen atoms in total. The first-order chi connectivity index (χ1) is 10.2. The molecule has 0 unspecified atom stereocenters. The zero-order valence-corrected chi connectivity index (χ0v) is 10.7. The van der Waals surface area contributed by atoms with Gasteiger partial charge in [-0.15, -0.1) is 0 Å². The smallest absolute Gasteiger partial charge is 0.351 e. The third-order valence-corrected chi connectivity index (χ3v) is 2.66. The highest BCUT2D eigenvalue weighted by atomic mass is 19.4. The van der Waals surface area contributed by atoms with Crippen molar-refractivity contribution in [3.8, 4) is 5.69 Å². The van der Waals surface area contributed by atoms with Crippen LogP contribution in [0.5, 0.6) is 0 Å². The van der Waals surface area contributed by atoms with E-state index in [1.807, 2.05) is 5.32 Å². The summed E-state index contributed by atoms with van der Waals surface area (Å²) in [4.78, 5) is 10.9. The van der Waals surface area contributed by atoms with Gasteiger partial charge in [0.25, 0.3) is 6.43 Å². The van der Waals surface area contributed by atoms with E-state index in [9.17, 15) is 26.7 Å². The van der Waals surface area contributed by atoms with Crippen molar-refractivity contribution in [2.24, 2.45) is 5.73 Å². The van der Waals surface area contributed by atoms with Crippen molar-refractivity contribution in [1.82, 2.24) is 9.78 Å². The topological polar surface area (TPSA) is 72.9 Å². The molecule has 0 aliphatic carbocycles. The van der Waals surface area contributed by atoms with Crippen molar-refractivity contribution in [1.29, 1.82) is 0 Å². The molecule has 0 bridgehead atoms. The van der Waals surface area contributed by atoms with E-state index >= 15 is 0 Å². The van der Waals surface area contributed by atoms with Crippen LogP contribution in [0.25, 0.3) is 5.69 Å². The molecule has 0 spiro atoms. The molecule has 1 aromatic carbocycles. The Balaban J connectivity index is 2.51. The Morgan fingerprint density at radius 2 is 1.95 bits per heavy atom. The predicted molar refractivity (Wildman–Crippen MR) is 66.7 cm³/mol. The zero-order chi connectivity index (χ0) is 16.5. The molecule has 2 amide bonds. The molecule has 0 aliphatic rings. The molecule has 0 fully saturated rings. The fourth-order valence-electron chi connectivity index (χ4n) is 1.73. The van der Waals surface area contributed by atoms with Crippen LogP contribution in [0.3, 0.4) is 0 Å². The van der Waals surface area contributed by atoms with Crippen molar-refractivity contribution < 1.29 is 26.7 Å². The van der Waals surface area contributed by atoms with E-state index in [2.05, 4.69) is 5.10 Å². The largest absolute Gasteiger partial charge is 0.416 e. The van der Waals surface area contributed by atoms with E-state index in [0.717, 1.165) is 29.1 Å². The number of halogens is 5. The molecule has 10 heteroatoms. The summed E-state index contributed by atoms with van der Waals surface area (Å²) in [5, 5.41) is 5.55. The van der Waals surface area contributed by atoms with Crippen LogP contribution in [0.1, 0.15) is 17.7 Å². The number of benzene rings is 1. The van der Waals surface area contributed by atoms with E-state index in [-0.39, 0.29) is 11.4 Å². The molecule has 0 aliphatic heterocycles. The van der Waals surface area contributed by atoms with Crippen molar-refractivity contribution >= 4 is 11.7 Å². The molecule has 2 aromatic rings. The van der Waals surface area contributed by atoms with Crippen LogP contribution in [0.15, 0.2) is 30.5 Å². The van der Waals surface area contributed by atoms with Gasteiger partial charge in [-0.05, 0) is 24.3 Å². The van der Waals surface area contributed by atoms with Crippen molar-refractivity contribution in [2.75, 3.05) is 5.32 Å². The maximum absolute atomic E-state index is 12.7. The van der Waals surface area contributed by atoms with Gasteiger partial charge >= 0.3 is 12.2 Å². The minimum Gasteiger partial charge on any atom is -0.351 e. The number of hydrogen-bond donors (Lipinski definition) is 2. The minimum atomic E-state index is -4.63. The third kappa shape index (κ3) is 3.32. The van der Waals surface area contributed by atoms with Gasteiger partial charge in [-0.2, -0.15) is 18.3 Å². The molecule has 1 heterocycles. The monoisotopic (exact) mass is 320 g/mol. The number of urea groups is 1. The summed E-state index contributed by atoms with van der Waals surface area (Å²) in [6.07, 6.45) is -6.33. The average molecular weight is 320 g/mol. The van der Waals surface area contributed by atoms with Crippen molar-refractivity contribution in [2.45, 2.75) is 12.6 Å². The first-order valence-electron chi connectivity index (χ1n) is 5.80. The number of carbonyl (C=O) groups excluding carboxylic acids is 1. The highest BCUT2D eigenvalue weighted by Crippen LogP contribution is 2.33. The second kappa shape index (κ2) is 5.62. The van der Waals surface area contributed by atoms with Gasteiger partial charge in [-0.3, -0.25) is 0 Å². The Labute approximate surface area is 120 Å². The number of carbonyl (C=O) groups is 1. The standard InChI is InChI=1S/C12H9F5N4O/c13-10(14)7-3-4-21(20-7)9-2-1-6(12(15,16)17)5-8(9)19-11(18)22/h1-5,10H,(H3,18,19,22). The van der Waals surface area contributed by atoms with Crippen molar-refractivity contribution in [3.05, 3.63) is 41.7 Å². The first-order valence-corrected chi connectivity index (χ1v) is 5.80. The van der Waals surface area contributed by atoms with Crippen LogP contribution in [0.2, 0.25) is 0 Å². The van der Waals surface area contributed by atoms with Gasteiger partial charge in [-0.25, -0.2) is 18.3 Å². The summed E-state index contributed by atoms with van der Waals surface area (Å²) < 4.78 is 64.0. The number of primary amides is 1. The summed E-state index contributed by atoms with van der Waals surface area (Å²) >= 11 is 0. The Morgan fingerprint density at radius 1 is 1.27 bits per heavy atom. The molecule has 0 saturated heterocycles. The number of amides is 2. The van der Waals surface area contributed by atoms with Crippen molar-refractivity contribution in [3.63, 3.8) is 0 Å². The minimum absolute atomic E-state index is 0.0290. The first kappa shape index (κ1) is 15.7. The van der Waals surface area contributed by atoms with Gasteiger partial charge in [0.15, 0.2) is 0 Å². The Hall–Kier alpha value is -2.65. The molecule has 0 radical (unpaired) electrons. The van der Waals surface area contributed by atoms with Gasteiger partial charge in [0.05, 0.1) is 16.9 Å². The average Bonchev–Trinajstić information content (AvgIpc) is 2.86. The second-order valence-corrected chi connectivity index (χ2v) is 4.20. The van der Waals surface area contributed by atoms with E-state index < -0.39 is 29.9 Å². The fourth-order valence-corrected chi connectivity index (χ4v) is 1.73. The Kier molecular flexibility index (Phi) is 4.02. The van der Waals surface area contributed by atoms with Crippen LogP contribution < -0.4 is 11.1 Å². The molecule has 0 saturated carbocycles. The van der Waals surface area contributed by atoms with Crippen LogP contribution in [-0.2, 0) is 6.18 Å². The predicted octanol–water partition coefficient (Wildman–Crippen LogP) is 3.32. The molecule has 0 atom stereocenters. The van der Waals surface area contributed by atoms with E-state index in [1.54, 1.807) is 0 Å². The summed E-state index contributed by atoms with van der Waals surface area (Å²) in [6, 6.07) is 2.30.